The minimum absolute atomic E-state index is 0.0148. The Morgan fingerprint density at radius 3 is 2.65 bits per heavy atom. The molecule has 0 amide bonds. The lowest BCUT2D eigenvalue weighted by atomic mass is 10.1. The van der Waals surface area contributed by atoms with Crippen molar-refractivity contribution in [3.05, 3.63) is 52.9 Å². The molecule has 0 spiro atoms. The predicted octanol–water partition coefficient (Wildman–Crippen LogP) is 4.99. The third-order valence-corrected chi connectivity index (χ3v) is 3.01. The summed E-state index contributed by atoms with van der Waals surface area (Å²) in [5.74, 6) is 0.715. The molecular formula is C14H13ClF3NO. The Morgan fingerprint density at radius 2 is 2.05 bits per heavy atom. The molecule has 0 aliphatic carbocycles. The molecule has 1 aromatic carbocycles. The fraction of sp³-hybridized carbons (Fsp3) is 0.286. The van der Waals surface area contributed by atoms with E-state index in [9.17, 15) is 13.2 Å². The van der Waals surface area contributed by atoms with E-state index in [1.54, 1.807) is 19.1 Å². The van der Waals surface area contributed by atoms with Gasteiger partial charge in [0.1, 0.15) is 5.76 Å². The van der Waals surface area contributed by atoms with Crippen LogP contribution in [-0.4, -0.2) is 6.04 Å². The molecule has 20 heavy (non-hydrogen) atoms. The van der Waals surface area contributed by atoms with Crippen LogP contribution in [0.1, 0.15) is 18.2 Å². The number of alkyl halides is 3. The molecule has 2 rings (SSSR count). The standard InChI is InChI=1S/C14H13ClF3NO/c1-9(7-11-3-2-6-20-11)19-13-5-4-10(15)8-12(13)14(16,17)18/h2-6,8-9,19H,7H2,1H3. The van der Waals surface area contributed by atoms with Crippen LogP contribution in [0, 0.1) is 0 Å². The van der Waals surface area contributed by atoms with Crippen molar-refractivity contribution in [1.29, 1.82) is 0 Å². The van der Waals surface area contributed by atoms with Gasteiger partial charge < -0.3 is 9.73 Å². The van der Waals surface area contributed by atoms with E-state index in [-0.39, 0.29) is 16.8 Å². The number of hydrogen-bond donors (Lipinski definition) is 1. The minimum atomic E-state index is -4.45. The van der Waals surface area contributed by atoms with Crippen molar-refractivity contribution >= 4 is 17.3 Å². The third-order valence-electron chi connectivity index (χ3n) is 2.78. The normalized spacial score (nSPS) is 13.2. The summed E-state index contributed by atoms with van der Waals surface area (Å²) in [6.45, 7) is 1.79. The average Bonchev–Trinajstić information content (AvgIpc) is 2.82. The second kappa shape index (κ2) is 5.79. The quantitative estimate of drug-likeness (QED) is 0.860. The molecule has 2 nitrogen and oxygen atoms in total. The molecule has 6 heteroatoms. The zero-order chi connectivity index (χ0) is 14.8. The Balaban J connectivity index is 2.16. The van der Waals surface area contributed by atoms with Gasteiger partial charge in [-0.15, -0.1) is 0 Å². The number of hydrogen-bond acceptors (Lipinski definition) is 2. The summed E-state index contributed by atoms with van der Waals surface area (Å²) < 4.78 is 44.0. The summed E-state index contributed by atoms with van der Waals surface area (Å²) >= 11 is 5.63. The van der Waals surface area contributed by atoms with Crippen molar-refractivity contribution in [2.45, 2.75) is 25.6 Å². The highest BCUT2D eigenvalue weighted by Gasteiger charge is 2.34. The van der Waals surface area contributed by atoms with E-state index >= 15 is 0 Å². The summed E-state index contributed by atoms with van der Waals surface area (Å²) in [6, 6.07) is 7.01. The Labute approximate surface area is 119 Å². The largest absolute Gasteiger partial charge is 0.469 e. The zero-order valence-electron chi connectivity index (χ0n) is 10.7. The van der Waals surface area contributed by atoms with Gasteiger partial charge in [0, 0.05) is 23.2 Å². The van der Waals surface area contributed by atoms with Crippen molar-refractivity contribution in [2.75, 3.05) is 5.32 Å². The highest BCUT2D eigenvalue weighted by molar-refractivity contribution is 6.30. The van der Waals surface area contributed by atoms with Crippen molar-refractivity contribution in [3.63, 3.8) is 0 Å². The van der Waals surface area contributed by atoms with Crippen LogP contribution in [0.25, 0.3) is 0 Å². The molecule has 1 aromatic heterocycles. The fourth-order valence-electron chi connectivity index (χ4n) is 1.92. The van der Waals surface area contributed by atoms with E-state index in [0.29, 0.717) is 12.2 Å². The molecule has 2 aromatic rings. The predicted molar refractivity (Wildman–Crippen MR) is 72.0 cm³/mol. The molecule has 0 saturated carbocycles. The number of rotatable bonds is 4. The number of nitrogens with one attached hydrogen (secondary N) is 1. The van der Waals surface area contributed by atoms with E-state index in [0.717, 1.165) is 6.07 Å². The van der Waals surface area contributed by atoms with Gasteiger partial charge in [0.25, 0.3) is 0 Å². The second-order valence-electron chi connectivity index (χ2n) is 4.52. The SMILES string of the molecule is CC(Cc1ccco1)Nc1ccc(Cl)cc1C(F)(F)F. The van der Waals surface area contributed by atoms with Crippen LogP contribution < -0.4 is 5.32 Å². The van der Waals surface area contributed by atoms with Gasteiger partial charge in [0.2, 0.25) is 0 Å². The average molecular weight is 304 g/mol. The molecule has 0 aliphatic heterocycles. The molecule has 1 unspecified atom stereocenters. The maximum absolute atomic E-state index is 12.9. The number of benzene rings is 1. The van der Waals surface area contributed by atoms with Gasteiger partial charge in [-0.05, 0) is 37.3 Å². The topological polar surface area (TPSA) is 25.2 Å². The van der Waals surface area contributed by atoms with Crippen LogP contribution in [-0.2, 0) is 12.6 Å². The van der Waals surface area contributed by atoms with Crippen LogP contribution in [0.5, 0.6) is 0 Å². The summed E-state index contributed by atoms with van der Waals surface area (Å²) in [5.41, 5.74) is -0.753. The lowest BCUT2D eigenvalue weighted by molar-refractivity contribution is -0.137. The van der Waals surface area contributed by atoms with E-state index in [2.05, 4.69) is 5.32 Å². The summed E-state index contributed by atoms with van der Waals surface area (Å²) in [7, 11) is 0. The monoisotopic (exact) mass is 303 g/mol. The van der Waals surface area contributed by atoms with Gasteiger partial charge in [-0.2, -0.15) is 13.2 Å². The summed E-state index contributed by atoms with van der Waals surface area (Å²) in [5, 5.41) is 2.90. The van der Waals surface area contributed by atoms with E-state index in [4.69, 9.17) is 16.0 Å². The Bertz CT molecular complexity index is 566. The Morgan fingerprint density at radius 1 is 1.30 bits per heavy atom. The second-order valence-corrected chi connectivity index (χ2v) is 4.95. The van der Waals surface area contributed by atoms with Crippen LogP contribution in [0.4, 0.5) is 18.9 Å². The van der Waals surface area contributed by atoms with Gasteiger partial charge in [0.15, 0.2) is 0 Å². The molecule has 1 heterocycles. The molecule has 1 atom stereocenters. The van der Waals surface area contributed by atoms with E-state index in [1.165, 1.54) is 18.4 Å². The molecule has 0 aliphatic rings. The van der Waals surface area contributed by atoms with Crippen LogP contribution in [0.2, 0.25) is 5.02 Å². The van der Waals surface area contributed by atoms with Crippen molar-refractivity contribution in [3.8, 4) is 0 Å². The molecular weight excluding hydrogens is 291 g/mol. The fourth-order valence-corrected chi connectivity index (χ4v) is 2.10. The van der Waals surface area contributed by atoms with Gasteiger partial charge >= 0.3 is 6.18 Å². The van der Waals surface area contributed by atoms with Crippen molar-refractivity contribution in [1.82, 2.24) is 0 Å². The maximum atomic E-state index is 12.9. The van der Waals surface area contributed by atoms with E-state index < -0.39 is 11.7 Å². The van der Waals surface area contributed by atoms with Gasteiger partial charge in [-0.1, -0.05) is 11.6 Å². The zero-order valence-corrected chi connectivity index (χ0v) is 11.4. The first-order valence-corrected chi connectivity index (χ1v) is 6.39. The summed E-state index contributed by atoms with van der Waals surface area (Å²) in [4.78, 5) is 0. The molecule has 1 N–H and O–H groups in total. The van der Waals surface area contributed by atoms with Gasteiger partial charge in [-0.3, -0.25) is 0 Å². The maximum Gasteiger partial charge on any atom is 0.418 e. The highest BCUT2D eigenvalue weighted by Crippen LogP contribution is 2.36. The smallest absolute Gasteiger partial charge is 0.418 e. The lowest BCUT2D eigenvalue weighted by Gasteiger charge is -2.19. The summed E-state index contributed by atoms with van der Waals surface area (Å²) in [6.07, 6.45) is -2.42. The molecule has 0 fully saturated rings. The van der Waals surface area contributed by atoms with Crippen molar-refractivity contribution in [2.24, 2.45) is 0 Å². The first-order valence-electron chi connectivity index (χ1n) is 6.02. The lowest BCUT2D eigenvalue weighted by Crippen LogP contribution is -2.20. The number of halogens is 4. The first kappa shape index (κ1) is 14.8. The van der Waals surface area contributed by atoms with E-state index in [1.807, 2.05) is 0 Å². The molecule has 0 radical (unpaired) electrons. The van der Waals surface area contributed by atoms with Gasteiger partial charge in [0.05, 0.1) is 11.8 Å². The first-order chi connectivity index (χ1) is 9.36. The highest BCUT2D eigenvalue weighted by atomic mass is 35.5. The Hall–Kier alpha value is -1.62. The van der Waals surface area contributed by atoms with Crippen LogP contribution in [0.15, 0.2) is 41.0 Å². The Kier molecular flexibility index (Phi) is 4.28. The van der Waals surface area contributed by atoms with Crippen LogP contribution >= 0.6 is 11.6 Å². The minimum Gasteiger partial charge on any atom is -0.469 e. The molecule has 108 valence electrons. The van der Waals surface area contributed by atoms with Gasteiger partial charge in [-0.25, -0.2) is 0 Å². The number of anilines is 1. The number of furan rings is 1. The molecule has 0 saturated heterocycles. The third kappa shape index (κ3) is 3.70. The van der Waals surface area contributed by atoms with Crippen molar-refractivity contribution < 1.29 is 17.6 Å². The molecule has 0 bridgehead atoms. The van der Waals surface area contributed by atoms with Crippen LogP contribution in [0.3, 0.4) is 0 Å².